The summed E-state index contributed by atoms with van der Waals surface area (Å²) >= 11 is 6.22. The molecule has 6 nitrogen and oxygen atoms in total. The molecule has 0 saturated carbocycles. The van der Waals surface area contributed by atoms with Gasteiger partial charge in [-0.1, -0.05) is 18.5 Å². The van der Waals surface area contributed by atoms with E-state index in [1.807, 2.05) is 11.8 Å². The molecule has 0 radical (unpaired) electrons. The molecule has 1 fully saturated rings. The van der Waals surface area contributed by atoms with E-state index in [4.69, 9.17) is 11.6 Å². The number of carbonyl (C=O) groups is 1. The van der Waals surface area contributed by atoms with Crippen LogP contribution in [0.15, 0.2) is 18.6 Å². The highest BCUT2D eigenvalue weighted by Crippen LogP contribution is 2.27. The summed E-state index contributed by atoms with van der Waals surface area (Å²) in [5.74, 6) is 0.117. The molecule has 2 aromatic rings. The molecule has 0 N–H and O–H groups in total. The molecule has 1 aliphatic rings. The van der Waals surface area contributed by atoms with Gasteiger partial charge in [0.2, 0.25) is 0 Å². The lowest BCUT2D eigenvalue weighted by atomic mass is 9.94. The van der Waals surface area contributed by atoms with Crippen LogP contribution < -0.4 is 0 Å². The van der Waals surface area contributed by atoms with E-state index < -0.39 is 0 Å². The van der Waals surface area contributed by atoms with Crippen molar-refractivity contribution in [3.63, 3.8) is 0 Å². The van der Waals surface area contributed by atoms with E-state index in [1.165, 1.54) is 0 Å². The highest BCUT2D eigenvalue weighted by atomic mass is 35.5. The van der Waals surface area contributed by atoms with Gasteiger partial charge in [0.1, 0.15) is 0 Å². The minimum atomic E-state index is -0.0971. The van der Waals surface area contributed by atoms with Gasteiger partial charge >= 0.3 is 0 Å². The molecule has 1 saturated heterocycles. The molecule has 24 heavy (non-hydrogen) atoms. The Hall–Kier alpha value is -1.95. The van der Waals surface area contributed by atoms with Crippen molar-refractivity contribution in [3.8, 4) is 0 Å². The highest BCUT2D eigenvalue weighted by molar-refractivity contribution is 6.33. The number of amides is 1. The van der Waals surface area contributed by atoms with E-state index in [1.54, 1.807) is 23.3 Å². The van der Waals surface area contributed by atoms with Crippen molar-refractivity contribution < 1.29 is 4.79 Å². The number of rotatable bonds is 4. The number of piperidine rings is 1. The van der Waals surface area contributed by atoms with Gasteiger partial charge in [-0.15, -0.1) is 0 Å². The Labute approximate surface area is 146 Å². The Balaban J connectivity index is 1.75. The Kier molecular flexibility index (Phi) is 5.14. The van der Waals surface area contributed by atoms with Crippen molar-refractivity contribution in [2.45, 2.75) is 45.6 Å². The third-order valence-corrected chi connectivity index (χ3v) is 4.55. The van der Waals surface area contributed by atoms with Gasteiger partial charge < -0.3 is 4.90 Å². The minimum absolute atomic E-state index is 0.0971. The maximum atomic E-state index is 12.8. The van der Waals surface area contributed by atoms with Crippen molar-refractivity contribution in [2.24, 2.45) is 0 Å². The van der Waals surface area contributed by atoms with Gasteiger partial charge in [-0.2, -0.15) is 5.10 Å². The molecule has 0 bridgehead atoms. The second-order valence-electron chi connectivity index (χ2n) is 6.26. The van der Waals surface area contributed by atoms with E-state index in [2.05, 4.69) is 22.0 Å². The van der Waals surface area contributed by atoms with E-state index in [-0.39, 0.29) is 11.8 Å². The first kappa shape index (κ1) is 16.9. The molecule has 3 heterocycles. The molecule has 7 heteroatoms. The molecule has 0 aliphatic carbocycles. The van der Waals surface area contributed by atoms with Crippen LogP contribution in [0.1, 0.15) is 54.0 Å². The maximum absolute atomic E-state index is 12.8. The molecule has 1 aliphatic heterocycles. The van der Waals surface area contributed by atoms with E-state index in [0.29, 0.717) is 17.3 Å². The van der Waals surface area contributed by atoms with Crippen LogP contribution in [-0.4, -0.2) is 43.6 Å². The summed E-state index contributed by atoms with van der Waals surface area (Å²) in [5.41, 5.74) is 2.20. The molecule has 1 amide bonds. The fourth-order valence-corrected chi connectivity index (χ4v) is 3.35. The predicted octanol–water partition coefficient (Wildman–Crippen LogP) is 3.06. The Bertz CT molecular complexity index is 730. The van der Waals surface area contributed by atoms with Gasteiger partial charge in [0.25, 0.3) is 5.91 Å². The third kappa shape index (κ3) is 3.59. The molecule has 1 atom stereocenters. The van der Waals surface area contributed by atoms with Crippen LogP contribution in [0.2, 0.25) is 5.02 Å². The standard InChI is InChI=1S/C17H22ClN5O/c1-3-6-23-11-14(18)16(21-23)17(24)22-7-4-5-13(10-22)15-9-19-8-12(2)20-15/h8-9,11,13H,3-7,10H2,1-2H3/t13-/m1/s1. The van der Waals surface area contributed by atoms with E-state index in [9.17, 15) is 4.79 Å². The van der Waals surface area contributed by atoms with Gasteiger partial charge in [0.05, 0.1) is 16.4 Å². The monoisotopic (exact) mass is 347 g/mol. The molecule has 2 aromatic heterocycles. The summed E-state index contributed by atoms with van der Waals surface area (Å²) in [7, 11) is 0. The normalized spacial score (nSPS) is 18.0. The van der Waals surface area contributed by atoms with Crippen LogP contribution >= 0.6 is 11.6 Å². The minimum Gasteiger partial charge on any atom is -0.337 e. The lowest BCUT2D eigenvalue weighted by molar-refractivity contribution is 0.0699. The second kappa shape index (κ2) is 7.30. The molecular formula is C17H22ClN5O. The van der Waals surface area contributed by atoms with E-state index >= 15 is 0 Å². The fourth-order valence-electron chi connectivity index (χ4n) is 3.12. The van der Waals surface area contributed by atoms with Crippen LogP contribution in [0, 0.1) is 6.92 Å². The quantitative estimate of drug-likeness (QED) is 0.852. The average molecular weight is 348 g/mol. The summed E-state index contributed by atoms with van der Waals surface area (Å²) in [4.78, 5) is 23.4. The van der Waals surface area contributed by atoms with Crippen molar-refractivity contribution in [1.29, 1.82) is 0 Å². The summed E-state index contributed by atoms with van der Waals surface area (Å²) < 4.78 is 1.74. The van der Waals surface area contributed by atoms with Crippen molar-refractivity contribution in [3.05, 3.63) is 40.7 Å². The number of hydrogen-bond acceptors (Lipinski definition) is 4. The molecule has 128 valence electrons. The van der Waals surface area contributed by atoms with Crippen molar-refractivity contribution in [2.75, 3.05) is 13.1 Å². The van der Waals surface area contributed by atoms with Gasteiger partial charge in [-0.3, -0.25) is 19.4 Å². The number of aromatic nitrogens is 4. The predicted molar refractivity (Wildman–Crippen MR) is 92.2 cm³/mol. The topological polar surface area (TPSA) is 63.9 Å². The zero-order valence-corrected chi connectivity index (χ0v) is 14.8. The summed E-state index contributed by atoms with van der Waals surface area (Å²) in [5, 5.41) is 4.77. The summed E-state index contributed by atoms with van der Waals surface area (Å²) in [6.45, 7) is 6.12. The fraction of sp³-hybridized carbons (Fsp3) is 0.529. The number of carbonyl (C=O) groups excluding carboxylic acids is 1. The number of nitrogens with zero attached hydrogens (tertiary/aromatic N) is 5. The van der Waals surface area contributed by atoms with Gasteiger partial charge in [-0.25, -0.2) is 0 Å². The van der Waals surface area contributed by atoms with Crippen LogP contribution in [0.4, 0.5) is 0 Å². The average Bonchev–Trinajstić information content (AvgIpc) is 2.95. The number of halogens is 1. The first-order chi connectivity index (χ1) is 11.6. The lowest BCUT2D eigenvalue weighted by Gasteiger charge is -2.32. The van der Waals surface area contributed by atoms with E-state index in [0.717, 1.165) is 43.7 Å². The van der Waals surface area contributed by atoms with Gasteiger partial charge in [0.15, 0.2) is 5.69 Å². The second-order valence-corrected chi connectivity index (χ2v) is 6.67. The highest BCUT2D eigenvalue weighted by Gasteiger charge is 2.29. The van der Waals surface area contributed by atoms with Crippen LogP contribution in [0.25, 0.3) is 0 Å². The molecule has 3 rings (SSSR count). The number of hydrogen-bond donors (Lipinski definition) is 0. The zero-order valence-electron chi connectivity index (χ0n) is 14.1. The molecule has 0 aromatic carbocycles. The number of likely N-dealkylation sites (tertiary alicyclic amines) is 1. The summed E-state index contributed by atoms with van der Waals surface area (Å²) in [6.07, 6.45) is 8.18. The molecular weight excluding hydrogens is 326 g/mol. The molecule has 0 spiro atoms. The van der Waals surface area contributed by atoms with Crippen LogP contribution in [0.5, 0.6) is 0 Å². The van der Waals surface area contributed by atoms with Gasteiger partial charge in [0, 0.05) is 44.1 Å². The molecule has 0 unspecified atom stereocenters. The van der Waals surface area contributed by atoms with Crippen LogP contribution in [-0.2, 0) is 6.54 Å². The Morgan fingerprint density at radius 3 is 3.00 bits per heavy atom. The maximum Gasteiger partial charge on any atom is 0.275 e. The van der Waals surface area contributed by atoms with Crippen LogP contribution in [0.3, 0.4) is 0 Å². The van der Waals surface area contributed by atoms with Crippen molar-refractivity contribution >= 4 is 17.5 Å². The van der Waals surface area contributed by atoms with Gasteiger partial charge in [-0.05, 0) is 26.2 Å². The Morgan fingerprint density at radius 1 is 1.42 bits per heavy atom. The zero-order chi connectivity index (χ0) is 17.1. The smallest absolute Gasteiger partial charge is 0.275 e. The van der Waals surface area contributed by atoms with Crippen molar-refractivity contribution in [1.82, 2.24) is 24.6 Å². The first-order valence-corrected chi connectivity index (χ1v) is 8.77. The number of aryl methyl sites for hydroxylation is 2. The first-order valence-electron chi connectivity index (χ1n) is 8.39. The lowest BCUT2D eigenvalue weighted by Crippen LogP contribution is -2.39. The third-order valence-electron chi connectivity index (χ3n) is 4.27. The summed E-state index contributed by atoms with van der Waals surface area (Å²) in [6, 6.07) is 0. The Morgan fingerprint density at radius 2 is 2.25 bits per heavy atom. The SMILES string of the molecule is CCCn1cc(Cl)c(C(=O)N2CCC[C@@H](c3cncc(C)n3)C2)n1. The largest absolute Gasteiger partial charge is 0.337 e.